The lowest BCUT2D eigenvalue weighted by atomic mass is 10.5. The van der Waals surface area contributed by atoms with Crippen molar-refractivity contribution in [3.8, 4) is 0 Å². The van der Waals surface area contributed by atoms with E-state index in [1.54, 1.807) is 0 Å². The highest BCUT2D eigenvalue weighted by molar-refractivity contribution is 7.90. The fourth-order valence-corrected chi connectivity index (χ4v) is 0.834. The van der Waals surface area contributed by atoms with Crippen molar-refractivity contribution in [1.82, 2.24) is 0 Å². The Kier molecular flexibility index (Phi) is 3.89. The zero-order valence-corrected chi connectivity index (χ0v) is 7.44. The maximum Gasteiger partial charge on any atom is 0.149 e. The molecule has 0 atom stereocenters. The lowest BCUT2D eigenvalue weighted by Crippen LogP contribution is -2.13. The van der Waals surface area contributed by atoms with Gasteiger partial charge >= 0.3 is 0 Å². The zero-order valence-electron chi connectivity index (χ0n) is 6.62. The van der Waals surface area contributed by atoms with Crippen molar-refractivity contribution in [1.29, 1.82) is 0 Å². The number of sulfone groups is 1. The first kappa shape index (κ1) is 9.91. The summed E-state index contributed by atoms with van der Waals surface area (Å²) in [5.74, 6) is 0.116. The molecule has 62 valence electrons. The standard InChI is InChI=1S/C6H14O3S/c1-6(2)9-4-5-10(3,7)8/h6H,4-5H2,1-3H3. The van der Waals surface area contributed by atoms with Gasteiger partial charge in [0.1, 0.15) is 9.84 Å². The van der Waals surface area contributed by atoms with E-state index >= 15 is 0 Å². The Morgan fingerprint density at radius 1 is 1.40 bits per heavy atom. The highest BCUT2D eigenvalue weighted by Crippen LogP contribution is 1.89. The van der Waals surface area contributed by atoms with Crippen LogP contribution in [0.25, 0.3) is 0 Å². The molecule has 0 aromatic carbocycles. The topological polar surface area (TPSA) is 43.4 Å². The second kappa shape index (κ2) is 3.93. The van der Waals surface area contributed by atoms with Gasteiger partial charge in [0.2, 0.25) is 0 Å². The molecule has 0 aromatic rings. The molecule has 10 heavy (non-hydrogen) atoms. The van der Waals surface area contributed by atoms with Crippen molar-refractivity contribution in [2.24, 2.45) is 0 Å². The predicted molar refractivity (Wildman–Crippen MR) is 40.8 cm³/mol. The van der Waals surface area contributed by atoms with E-state index in [4.69, 9.17) is 4.74 Å². The molecule has 0 rings (SSSR count). The molecule has 0 fully saturated rings. The molecule has 0 N–H and O–H groups in total. The molecule has 0 bridgehead atoms. The van der Waals surface area contributed by atoms with Gasteiger partial charge in [0, 0.05) is 6.26 Å². The lowest BCUT2D eigenvalue weighted by Gasteiger charge is -2.04. The Morgan fingerprint density at radius 3 is 2.20 bits per heavy atom. The summed E-state index contributed by atoms with van der Waals surface area (Å²) >= 11 is 0. The molecule has 0 aliphatic heterocycles. The SMILES string of the molecule is CC(C)OCCS(C)(=O)=O. The van der Waals surface area contributed by atoms with Crippen molar-refractivity contribution >= 4 is 9.84 Å². The maximum absolute atomic E-state index is 10.5. The summed E-state index contributed by atoms with van der Waals surface area (Å²) < 4.78 is 26.1. The summed E-state index contributed by atoms with van der Waals surface area (Å²) in [5, 5.41) is 0. The van der Waals surface area contributed by atoms with Crippen LogP contribution in [0.3, 0.4) is 0 Å². The van der Waals surface area contributed by atoms with Gasteiger partial charge in [-0.25, -0.2) is 8.42 Å². The second-order valence-corrected chi connectivity index (χ2v) is 4.81. The van der Waals surface area contributed by atoms with Gasteiger partial charge in [0.15, 0.2) is 0 Å². The Hall–Kier alpha value is -0.0900. The Morgan fingerprint density at radius 2 is 1.90 bits per heavy atom. The van der Waals surface area contributed by atoms with Crippen molar-refractivity contribution in [3.05, 3.63) is 0 Å². The van der Waals surface area contributed by atoms with E-state index in [2.05, 4.69) is 0 Å². The smallest absolute Gasteiger partial charge is 0.149 e. The summed E-state index contributed by atoms with van der Waals surface area (Å²) in [4.78, 5) is 0. The van der Waals surface area contributed by atoms with Gasteiger partial charge in [-0.2, -0.15) is 0 Å². The van der Waals surface area contributed by atoms with Gasteiger partial charge in [-0.3, -0.25) is 0 Å². The van der Waals surface area contributed by atoms with Crippen LogP contribution in [0.1, 0.15) is 13.8 Å². The molecule has 0 aliphatic rings. The van der Waals surface area contributed by atoms with Crippen molar-refractivity contribution in [3.63, 3.8) is 0 Å². The van der Waals surface area contributed by atoms with E-state index in [-0.39, 0.29) is 11.9 Å². The first-order valence-corrected chi connectivity index (χ1v) is 5.27. The number of hydrogen-bond donors (Lipinski definition) is 0. The van der Waals surface area contributed by atoms with Gasteiger partial charge in [0.25, 0.3) is 0 Å². The Labute approximate surface area is 62.3 Å². The van der Waals surface area contributed by atoms with Crippen LogP contribution in [0.15, 0.2) is 0 Å². The molecule has 0 saturated heterocycles. The molecule has 0 aliphatic carbocycles. The Bertz CT molecular complexity index is 169. The molecule has 0 aromatic heterocycles. The van der Waals surface area contributed by atoms with Crippen LogP contribution >= 0.6 is 0 Å². The third kappa shape index (κ3) is 7.91. The molecule has 0 saturated carbocycles. The van der Waals surface area contributed by atoms with Crippen LogP contribution in [0.2, 0.25) is 0 Å². The minimum atomic E-state index is -2.84. The summed E-state index contributed by atoms with van der Waals surface area (Å²) in [6.45, 7) is 4.06. The molecule has 3 nitrogen and oxygen atoms in total. The quantitative estimate of drug-likeness (QED) is 0.609. The predicted octanol–water partition coefficient (Wildman–Crippen LogP) is 0.456. The van der Waals surface area contributed by atoms with E-state index in [0.717, 1.165) is 0 Å². The van der Waals surface area contributed by atoms with Gasteiger partial charge in [0.05, 0.1) is 18.5 Å². The highest BCUT2D eigenvalue weighted by Gasteiger charge is 2.01. The van der Waals surface area contributed by atoms with E-state index < -0.39 is 9.84 Å². The van der Waals surface area contributed by atoms with E-state index in [1.165, 1.54) is 6.26 Å². The monoisotopic (exact) mass is 166 g/mol. The van der Waals surface area contributed by atoms with Gasteiger partial charge in [-0.1, -0.05) is 0 Å². The minimum absolute atomic E-state index is 0.113. The third-order valence-corrected chi connectivity index (χ3v) is 1.81. The summed E-state index contributed by atoms with van der Waals surface area (Å²) in [5.41, 5.74) is 0. The molecule has 0 amide bonds. The third-order valence-electron chi connectivity index (χ3n) is 0.905. The van der Waals surface area contributed by atoms with Gasteiger partial charge in [-0.05, 0) is 13.8 Å². The van der Waals surface area contributed by atoms with Gasteiger partial charge < -0.3 is 4.74 Å². The van der Waals surface area contributed by atoms with Crippen molar-refractivity contribution in [2.75, 3.05) is 18.6 Å². The molecular formula is C6H14O3S. The molecule has 0 heterocycles. The summed E-state index contributed by atoms with van der Waals surface area (Å²) in [7, 11) is -2.84. The molecular weight excluding hydrogens is 152 g/mol. The molecule has 0 spiro atoms. The first-order chi connectivity index (χ1) is 4.42. The largest absolute Gasteiger partial charge is 0.378 e. The number of ether oxygens (including phenoxy) is 1. The average Bonchev–Trinajstić information content (AvgIpc) is 1.59. The summed E-state index contributed by atoms with van der Waals surface area (Å²) in [6.07, 6.45) is 1.32. The van der Waals surface area contributed by atoms with Crippen molar-refractivity contribution in [2.45, 2.75) is 20.0 Å². The highest BCUT2D eigenvalue weighted by atomic mass is 32.2. The van der Waals surface area contributed by atoms with Gasteiger partial charge in [-0.15, -0.1) is 0 Å². The second-order valence-electron chi connectivity index (χ2n) is 2.55. The number of rotatable bonds is 4. The zero-order chi connectivity index (χ0) is 8.20. The van der Waals surface area contributed by atoms with Crippen LogP contribution in [-0.4, -0.2) is 33.1 Å². The van der Waals surface area contributed by atoms with Crippen LogP contribution in [0.5, 0.6) is 0 Å². The molecule has 0 unspecified atom stereocenters. The van der Waals surface area contributed by atoms with Crippen LogP contribution in [0.4, 0.5) is 0 Å². The van der Waals surface area contributed by atoms with E-state index in [0.29, 0.717) is 6.61 Å². The fraction of sp³-hybridized carbons (Fsp3) is 1.00. The molecule has 4 heteroatoms. The van der Waals surface area contributed by atoms with Crippen molar-refractivity contribution < 1.29 is 13.2 Å². The fourth-order valence-electron chi connectivity index (χ4n) is 0.435. The van der Waals surface area contributed by atoms with Crippen LogP contribution in [-0.2, 0) is 14.6 Å². The minimum Gasteiger partial charge on any atom is -0.378 e. The average molecular weight is 166 g/mol. The van der Waals surface area contributed by atoms with E-state index in [1.807, 2.05) is 13.8 Å². The van der Waals surface area contributed by atoms with E-state index in [9.17, 15) is 8.42 Å². The number of hydrogen-bond acceptors (Lipinski definition) is 3. The normalized spacial score (nSPS) is 12.4. The molecule has 0 radical (unpaired) electrons. The maximum atomic E-state index is 10.5. The summed E-state index contributed by atoms with van der Waals surface area (Å²) in [6, 6.07) is 0. The van der Waals surface area contributed by atoms with Crippen LogP contribution in [0, 0.1) is 0 Å². The van der Waals surface area contributed by atoms with Crippen LogP contribution < -0.4 is 0 Å². The lowest BCUT2D eigenvalue weighted by molar-refractivity contribution is 0.0913. The first-order valence-electron chi connectivity index (χ1n) is 3.21. The Balaban J connectivity index is 3.39.